The Bertz CT molecular complexity index is 685. The van der Waals surface area contributed by atoms with E-state index in [1.165, 1.54) is 25.1 Å². The molecule has 0 amide bonds. The quantitative estimate of drug-likeness (QED) is 0.594. The van der Waals surface area contributed by atoms with E-state index in [2.05, 4.69) is 0 Å². The molecule has 1 aliphatic carbocycles. The Labute approximate surface area is 132 Å². The zero-order chi connectivity index (χ0) is 17.0. The van der Waals surface area contributed by atoms with Crippen molar-refractivity contribution in [1.82, 2.24) is 0 Å². The lowest BCUT2D eigenvalue weighted by Crippen LogP contribution is -2.75. The summed E-state index contributed by atoms with van der Waals surface area (Å²) in [6, 6.07) is 3.95. The van der Waals surface area contributed by atoms with Gasteiger partial charge in [0.1, 0.15) is 5.75 Å². The Morgan fingerprint density at radius 1 is 1.26 bits per heavy atom. The van der Waals surface area contributed by atoms with Crippen molar-refractivity contribution in [2.45, 2.75) is 43.2 Å². The van der Waals surface area contributed by atoms with Gasteiger partial charge in [0, 0.05) is 18.6 Å². The fraction of sp³-hybridized carbons (Fsp3) is 0.500. The molecule has 0 spiro atoms. The topological polar surface area (TPSA) is 124 Å². The zero-order valence-corrected chi connectivity index (χ0v) is 12.5. The van der Waals surface area contributed by atoms with Gasteiger partial charge in [-0.15, -0.1) is 0 Å². The first-order valence-corrected chi connectivity index (χ1v) is 7.40. The van der Waals surface area contributed by atoms with Crippen molar-refractivity contribution in [3.63, 3.8) is 0 Å². The molecule has 4 atom stereocenters. The summed E-state index contributed by atoms with van der Waals surface area (Å²) in [5.41, 5.74) is -5.27. The highest BCUT2D eigenvalue weighted by molar-refractivity contribution is 6.23. The molecule has 0 saturated carbocycles. The predicted octanol–water partition coefficient (Wildman–Crippen LogP) is -0.207. The number of carbonyl (C=O) groups excluding carboxylic acids is 2. The van der Waals surface area contributed by atoms with Gasteiger partial charge in [-0.3, -0.25) is 9.59 Å². The molecule has 1 aromatic carbocycles. The Morgan fingerprint density at radius 3 is 2.61 bits per heavy atom. The number of fused-ring (bicyclic) bond motifs is 2. The van der Waals surface area contributed by atoms with Crippen LogP contribution in [0.1, 0.15) is 40.5 Å². The number of phenolic OH excluding ortho intramolecular Hbond substituents is 1. The molecule has 0 bridgehead atoms. The average molecular weight is 322 g/mol. The van der Waals surface area contributed by atoms with Crippen molar-refractivity contribution in [3.8, 4) is 5.75 Å². The standard InChI is InChI=1S/C16H18O7/c1-8-16(22)14(20)12-10(3-2-4-11(12)18)13(19)15(16,21)7-9(23-8)5-6-17/h2-4,8-9,17-18,21-22H,5-7H2,1H3/t8-,9-,15+,16-/m0/s1. The van der Waals surface area contributed by atoms with Crippen LogP contribution < -0.4 is 0 Å². The number of benzene rings is 1. The summed E-state index contributed by atoms with van der Waals surface area (Å²) in [7, 11) is 0. The van der Waals surface area contributed by atoms with Crippen LogP contribution >= 0.6 is 0 Å². The predicted molar refractivity (Wildman–Crippen MR) is 77.3 cm³/mol. The Hall–Kier alpha value is -1.80. The van der Waals surface area contributed by atoms with Crippen molar-refractivity contribution in [1.29, 1.82) is 0 Å². The van der Waals surface area contributed by atoms with Crippen LogP contribution in [0.5, 0.6) is 5.75 Å². The van der Waals surface area contributed by atoms with E-state index in [4.69, 9.17) is 9.84 Å². The lowest BCUT2D eigenvalue weighted by Gasteiger charge is -2.52. The van der Waals surface area contributed by atoms with Crippen molar-refractivity contribution < 1.29 is 34.8 Å². The van der Waals surface area contributed by atoms with Gasteiger partial charge in [-0.05, 0) is 19.4 Å². The monoisotopic (exact) mass is 322 g/mol. The van der Waals surface area contributed by atoms with Crippen LogP contribution in [-0.4, -0.2) is 62.0 Å². The van der Waals surface area contributed by atoms with Crippen molar-refractivity contribution >= 4 is 11.6 Å². The first kappa shape index (κ1) is 16.1. The van der Waals surface area contributed by atoms with Crippen molar-refractivity contribution in [2.75, 3.05) is 6.61 Å². The van der Waals surface area contributed by atoms with E-state index in [1.807, 2.05) is 0 Å². The van der Waals surface area contributed by atoms with Gasteiger partial charge in [0.05, 0.1) is 17.8 Å². The SMILES string of the molecule is C[C@@H]1O[C@@H](CCO)C[C@@]2(O)C(=O)c3cccc(O)c3C(=O)[C@@]12O. The van der Waals surface area contributed by atoms with Gasteiger partial charge in [0.15, 0.2) is 17.0 Å². The fourth-order valence-corrected chi connectivity index (χ4v) is 3.59. The number of aliphatic hydroxyl groups is 3. The molecule has 7 nitrogen and oxygen atoms in total. The van der Waals surface area contributed by atoms with E-state index in [1.54, 1.807) is 0 Å². The Morgan fingerprint density at radius 2 is 1.96 bits per heavy atom. The zero-order valence-electron chi connectivity index (χ0n) is 12.5. The second kappa shape index (κ2) is 5.10. The van der Waals surface area contributed by atoms with Gasteiger partial charge in [0.25, 0.3) is 0 Å². The first-order valence-electron chi connectivity index (χ1n) is 7.40. The molecule has 2 aliphatic rings. The third kappa shape index (κ3) is 1.91. The van der Waals surface area contributed by atoms with E-state index in [0.29, 0.717) is 0 Å². The summed E-state index contributed by atoms with van der Waals surface area (Å²) in [5.74, 6) is -2.20. The lowest BCUT2D eigenvalue weighted by atomic mass is 9.61. The number of phenols is 1. The molecule has 1 heterocycles. The molecule has 23 heavy (non-hydrogen) atoms. The molecule has 0 aromatic heterocycles. The molecule has 1 aliphatic heterocycles. The molecular formula is C16H18O7. The van der Waals surface area contributed by atoms with E-state index in [0.717, 1.165) is 0 Å². The lowest BCUT2D eigenvalue weighted by molar-refractivity contribution is -0.228. The molecule has 1 fully saturated rings. The molecule has 3 rings (SSSR count). The number of hydrogen-bond donors (Lipinski definition) is 4. The second-order valence-electron chi connectivity index (χ2n) is 6.10. The van der Waals surface area contributed by atoms with Crippen LogP contribution in [0.25, 0.3) is 0 Å². The number of ether oxygens (including phenoxy) is 1. The summed E-state index contributed by atoms with van der Waals surface area (Å²) in [6.07, 6.45) is -2.00. The highest BCUT2D eigenvalue weighted by Gasteiger charge is 2.69. The smallest absolute Gasteiger partial charge is 0.205 e. The molecule has 1 aromatic rings. The summed E-state index contributed by atoms with van der Waals surface area (Å²) in [4.78, 5) is 25.5. The first-order chi connectivity index (χ1) is 10.8. The van der Waals surface area contributed by atoms with Crippen LogP contribution in [0.3, 0.4) is 0 Å². The van der Waals surface area contributed by atoms with Crippen LogP contribution in [0.15, 0.2) is 18.2 Å². The van der Waals surface area contributed by atoms with E-state index >= 15 is 0 Å². The molecule has 1 saturated heterocycles. The average Bonchev–Trinajstić information content (AvgIpc) is 2.50. The second-order valence-corrected chi connectivity index (χ2v) is 6.10. The van der Waals surface area contributed by atoms with Crippen LogP contribution in [-0.2, 0) is 4.74 Å². The molecule has 0 unspecified atom stereocenters. The number of ketones is 2. The largest absolute Gasteiger partial charge is 0.507 e. The third-order valence-electron chi connectivity index (χ3n) is 4.83. The minimum atomic E-state index is -2.48. The summed E-state index contributed by atoms with van der Waals surface area (Å²) in [6.45, 7) is 1.16. The highest BCUT2D eigenvalue weighted by atomic mass is 16.5. The van der Waals surface area contributed by atoms with Crippen molar-refractivity contribution in [2.24, 2.45) is 0 Å². The number of carbonyl (C=O) groups is 2. The van der Waals surface area contributed by atoms with E-state index in [9.17, 15) is 24.9 Å². The number of aliphatic hydroxyl groups excluding tert-OH is 1. The van der Waals surface area contributed by atoms with Crippen LogP contribution in [0, 0.1) is 0 Å². The van der Waals surface area contributed by atoms with Crippen LogP contribution in [0.4, 0.5) is 0 Å². The maximum atomic E-state index is 12.8. The molecule has 124 valence electrons. The molecule has 4 N–H and O–H groups in total. The minimum absolute atomic E-state index is 0.126. The van der Waals surface area contributed by atoms with Gasteiger partial charge >= 0.3 is 0 Å². The number of Topliss-reactive ketones (excluding diaryl/α,β-unsaturated/α-hetero) is 2. The summed E-state index contributed by atoms with van der Waals surface area (Å²) >= 11 is 0. The summed E-state index contributed by atoms with van der Waals surface area (Å²) in [5, 5.41) is 40.8. The number of hydrogen-bond acceptors (Lipinski definition) is 7. The number of rotatable bonds is 2. The summed E-state index contributed by atoms with van der Waals surface area (Å²) < 4.78 is 5.51. The van der Waals surface area contributed by atoms with Gasteiger partial charge in [-0.2, -0.15) is 0 Å². The maximum Gasteiger partial charge on any atom is 0.205 e. The molecule has 0 radical (unpaired) electrons. The van der Waals surface area contributed by atoms with Gasteiger partial charge in [-0.25, -0.2) is 0 Å². The third-order valence-corrected chi connectivity index (χ3v) is 4.83. The van der Waals surface area contributed by atoms with E-state index < -0.39 is 40.7 Å². The molecule has 7 heteroatoms. The minimum Gasteiger partial charge on any atom is -0.507 e. The molecular weight excluding hydrogens is 304 g/mol. The highest BCUT2D eigenvalue weighted by Crippen LogP contribution is 2.47. The fourth-order valence-electron chi connectivity index (χ4n) is 3.59. The Balaban J connectivity index is 2.20. The van der Waals surface area contributed by atoms with Crippen LogP contribution in [0.2, 0.25) is 0 Å². The van der Waals surface area contributed by atoms with E-state index in [-0.39, 0.29) is 30.6 Å². The van der Waals surface area contributed by atoms with Gasteiger partial charge in [0.2, 0.25) is 5.78 Å². The van der Waals surface area contributed by atoms with Crippen molar-refractivity contribution in [3.05, 3.63) is 29.3 Å². The maximum absolute atomic E-state index is 12.8. The van der Waals surface area contributed by atoms with Gasteiger partial charge in [-0.1, -0.05) is 12.1 Å². The number of aromatic hydroxyl groups is 1. The Kier molecular flexibility index (Phi) is 3.57. The van der Waals surface area contributed by atoms with Gasteiger partial charge < -0.3 is 25.2 Å². The normalized spacial score (nSPS) is 36.5.